The molecule has 1 atom stereocenters. The minimum Gasteiger partial charge on any atom is -0.481 e. The molecule has 0 saturated heterocycles. The lowest BCUT2D eigenvalue weighted by atomic mass is 10.2. The molecule has 0 radical (unpaired) electrons. The summed E-state index contributed by atoms with van der Waals surface area (Å²) in [5.74, 6) is -1.10. The van der Waals surface area contributed by atoms with Gasteiger partial charge in [0.05, 0.1) is 30.9 Å². The lowest BCUT2D eigenvalue weighted by Gasteiger charge is -2.09. The van der Waals surface area contributed by atoms with Crippen LogP contribution in [0, 0.1) is 6.92 Å². The van der Waals surface area contributed by atoms with Crippen LogP contribution in [0.3, 0.4) is 0 Å². The molecule has 0 spiro atoms. The van der Waals surface area contributed by atoms with Crippen molar-refractivity contribution >= 4 is 27.5 Å². The fraction of sp³-hybridized carbons (Fsp3) is 0.364. The second-order valence-corrected chi connectivity index (χ2v) is 4.93. The highest BCUT2D eigenvalue weighted by Crippen LogP contribution is 2.19. The molecule has 2 heterocycles. The van der Waals surface area contributed by atoms with Crippen LogP contribution < -0.4 is 5.56 Å². The Morgan fingerprint density at radius 1 is 1.61 bits per heavy atom. The molecule has 0 amide bonds. The van der Waals surface area contributed by atoms with Gasteiger partial charge in [0.15, 0.2) is 0 Å². The predicted octanol–water partition coefficient (Wildman–Crippen LogP) is 0.602. The van der Waals surface area contributed by atoms with Gasteiger partial charge in [-0.1, -0.05) is 0 Å². The molecule has 7 heteroatoms. The first-order valence-corrected chi connectivity index (χ1v) is 6.20. The Morgan fingerprint density at radius 3 is 3.00 bits per heavy atom. The molecule has 0 aromatic carbocycles. The Morgan fingerprint density at radius 2 is 2.33 bits per heavy atom. The van der Waals surface area contributed by atoms with Crippen molar-refractivity contribution in [2.45, 2.75) is 26.0 Å². The molecule has 6 nitrogen and oxygen atoms in total. The summed E-state index contributed by atoms with van der Waals surface area (Å²) in [6, 6.07) is 0. The maximum atomic E-state index is 12.0. The fourth-order valence-corrected chi connectivity index (χ4v) is 2.63. The lowest BCUT2D eigenvalue weighted by molar-refractivity contribution is -0.139. The first-order valence-electron chi connectivity index (χ1n) is 5.32. The van der Waals surface area contributed by atoms with Gasteiger partial charge in [-0.2, -0.15) is 0 Å². The van der Waals surface area contributed by atoms with Crippen LogP contribution in [-0.4, -0.2) is 31.8 Å². The number of aliphatic hydroxyl groups is 1. The Balaban J connectivity index is 2.32. The molecular formula is C11H12N2O4S. The van der Waals surface area contributed by atoms with E-state index in [2.05, 4.69) is 4.98 Å². The third kappa shape index (κ3) is 2.41. The number of aliphatic hydroxyl groups excluding tert-OH is 1. The average molecular weight is 268 g/mol. The molecule has 2 aromatic rings. The number of aryl methyl sites for hydroxylation is 1. The van der Waals surface area contributed by atoms with E-state index in [0.29, 0.717) is 10.2 Å². The molecule has 1 unspecified atom stereocenters. The van der Waals surface area contributed by atoms with Crippen LogP contribution >= 0.6 is 11.3 Å². The summed E-state index contributed by atoms with van der Waals surface area (Å²) in [4.78, 5) is 26.6. The quantitative estimate of drug-likeness (QED) is 0.847. The van der Waals surface area contributed by atoms with Gasteiger partial charge in [0.25, 0.3) is 5.56 Å². The van der Waals surface area contributed by atoms with E-state index in [1.165, 1.54) is 22.2 Å². The van der Waals surface area contributed by atoms with Gasteiger partial charge < -0.3 is 10.2 Å². The molecule has 0 aliphatic rings. The van der Waals surface area contributed by atoms with Gasteiger partial charge in [0.1, 0.15) is 4.70 Å². The van der Waals surface area contributed by atoms with Gasteiger partial charge >= 0.3 is 5.97 Å². The average Bonchev–Trinajstić information content (AvgIpc) is 2.64. The number of carboxylic acids is 1. The number of aliphatic carboxylic acids is 1. The monoisotopic (exact) mass is 268 g/mol. The molecule has 0 saturated carbocycles. The molecule has 2 aromatic heterocycles. The van der Waals surface area contributed by atoms with E-state index in [4.69, 9.17) is 5.11 Å². The summed E-state index contributed by atoms with van der Waals surface area (Å²) >= 11 is 1.30. The van der Waals surface area contributed by atoms with Crippen molar-refractivity contribution in [1.29, 1.82) is 0 Å². The van der Waals surface area contributed by atoms with E-state index < -0.39 is 18.5 Å². The van der Waals surface area contributed by atoms with Crippen molar-refractivity contribution in [3.8, 4) is 0 Å². The zero-order valence-corrected chi connectivity index (χ0v) is 10.5. The highest BCUT2D eigenvalue weighted by molar-refractivity contribution is 7.17. The standard InChI is InChI=1S/C11H12N2O4S/c1-6-4-18-10-9(6)12-5-13(11(10)17)3-7(14)2-8(15)16/h4-5,7,14H,2-3H2,1H3,(H,15,16). The Bertz CT molecular complexity index is 646. The maximum absolute atomic E-state index is 12.0. The van der Waals surface area contributed by atoms with Gasteiger partial charge in [-0.15, -0.1) is 11.3 Å². The van der Waals surface area contributed by atoms with Gasteiger partial charge in [0.2, 0.25) is 0 Å². The molecular weight excluding hydrogens is 256 g/mol. The largest absolute Gasteiger partial charge is 0.481 e. The lowest BCUT2D eigenvalue weighted by Crippen LogP contribution is -2.27. The maximum Gasteiger partial charge on any atom is 0.306 e. The van der Waals surface area contributed by atoms with Crippen LogP contribution in [-0.2, 0) is 11.3 Å². The number of carboxylic acid groups (broad SMARTS) is 1. The van der Waals surface area contributed by atoms with Crippen LogP contribution in [0.15, 0.2) is 16.5 Å². The van der Waals surface area contributed by atoms with Crippen LogP contribution in [0.1, 0.15) is 12.0 Å². The normalized spacial score (nSPS) is 12.8. The minimum absolute atomic E-state index is 0.0645. The first kappa shape index (κ1) is 12.7. The summed E-state index contributed by atoms with van der Waals surface area (Å²) in [7, 11) is 0. The van der Waals surface area contributed by atoms with E-state index in [1.807, 2.05) is 12.3 Å². The summed E-state index contributed by atoms with van der Waals surface area (Å²) in [6.45, 7) is 1.81. The SMILES string of the molecule is Cc1csc2c(=O)n(CC(O)CC(=O)O)cnc12. The van der Waals surface area contributed by atoms with Crippen molar-refractivity contribution in [3.05, 3.63) is 27.6 Å². The number of nitrogens with zero attached hydrogens (tertiary/aromatic N) is 2. The number of hydrogen-bond donors (Lipinski definition) is 2. The fourth-order valence-electron chi connectivity index (χ4n) is 1.68. The second kappa shape index (κ2) is 4.87. The second-order valence-electron chi connectivity index (χ2n) is 4.05. The minimum atomic E-state index is -1.10. The Labute approximate surface area is 106 Å². The molecule has 0 fully saturated rings. The molecule has 96 valence electrons. The molecule has 0 aliphatic heterocycles. The van der Waals surface area contributed by atoms with E-state index >= 15 is 0 Å². The highest BCUT2D eigenvalue weighted by atomic mass is 32.1. The van der Waals surface area contributed by atoms with Crippen molar-refractivity contribution < 1.29 is 15.0 Å². The highest BCUT2D eigenvalue weighted by Gasteiger charge is 2.13. The topological polar surface area (TPSA) is 92.4 Å². The van der Waals surface area contributed by atoms with Crippen molar-refractivity contribution in [1.82, 2.24) is 9.55 Å². The number of hydrogen-bond acceptors (Lipinski definition) is 5. The van der Waals surface area contributed by atoms with E-state index in [1.54, 1.807) is 0 Å². The van der Waals surface area contributed by atoms with Crippen molar-refractivity contribution in [2.24, 2.45) is 0 Å². The van der Waals surface area contributed by atoms with Crippen LogP contribution in [0.2, 0.25) is 0 Å². The number of aromatic nitrogens is 2. The zero-order valence-electron chi connectivity index (χ0n) is 9.66. The van der Waals surface area contributed by atoms with Crippen LogP contribution in [0.5, 0.6) is 0 Å². The number of carbonyl (C=O) groups is 1. The smallest absolute Gasteiger partial charge is 0.306 e. The summed E-state index contributed by atoms with van der Waals surface area (Å²) in [6.07, 6.45) is -0.149. The van der Waals surface area contributed by atoms with Gasteiger partial charge in [-0.25, -0.2) is 4.98 Å². The number of thiophene rings is 1. The van der Waals surface area contributed by atoms with E-state index in [0.717, 1.165) is 5.56 Å². The number of fused-ring (bicyclic) bond motifs is 1. The Hall–Kier alpha value is -1.73. The molecule has 0 bridgehead atoms. The molecule has 2 rings (SSSR count). The summed E-state index contributed by atoms with van der Waals surface area (Å²) in [5.41, 5.74) is 1.35. The third-order valence-corrected chi connectivity index (χ3v) is 3.62. The number of rotatable bonds is 4. The molecule has 18 heavy (non-hydrogen) atoms. The van der Waals surface area contributed by atoms with Gasteiger partial charge in [-0.3, -0.25) is 14.2 Å². The first-order chi connectivity index (χ1) is 8.49. The van der Waals surface area contributed by atoms with Gasteiger partial charge in [-0.05, 0) is 17.9 Å². The van der Waals surface area contributed by atoms with Crippen LogP contribution in [0.25, 0.3) is 10.2 Å². The van der Waals surface area contributed by atoms with Crippen LogP contribution in [0.4, 0.5) is 0 Å². The molecule has 0 aliphatic carbocycles. The molecule has 2 N–H and O–H groups in total. The van der Waals surface area contributed by atoms with Gasteiger partial charge in [0, 0.05) is 0 Å². The predicted molar refractivity (Wildman–Crippen MR) is 66.9 cm³/mol. The zero-order chi connectivity index (χ0) is 13.3. The van der Waals surface area contributed by atoms with E-state index in [9.17, 15) is 14.7 Å². The summed E-state index contributed by atoms with van der Waals surface area (Å²) in [5, 5.41) is 19.9. The van der Waals surface area contributed by atoms with Crippen molar-refractivity contribution in [3.63, 3.8) is 0 Å². The summed E-state index contributed by atoms with van der Waals surface area (Å²) < 4.78 is 1.77. The Kier molecular flexibility index (Phi) is 3.44. The third-order valence-electron chi connectivity index (χ3n) is 2.54. The van der Waals surface area contributed by atoms with Crippen molar-refractivity contribution in [2.75, 3.05) is 0 Å². The van der Waals surface area contributed by atoms with E-state index in [-0.39, 0.29) is 12.1 Å².